The van der Waals surface area contributed by atoms with Crippen LogP contribution in [0, 0.1) is 0 Å². The summed E-state index contributed by atoms with van der Waals surface area (Å²) in [7, 11) is 0. The highest BCUT2D eigenvalue weighted by molar-refractivity contribution is 6.30. The summed E-state index contributed by atoms with van der Waals surface area (Å²) in [5.41, 5.74) is 3.35. The van der Waals surface area contributed by atoms with Gasteiger partial charge in [0.15, 0.2) is 5.79 Å². The third-order valence-corrected chi connectivity index (χ3v) is 5.87. The van der Waals surface area contributed by atoms with Gasteiger partial charge >= 0.3 is 0 Å². The smallest absolute Gasteiger partial charge is 0.169 e. The van der Waals surface area contributed by atoms with Crippen LogP contribution >= 0.6 is 11.6 Å². The summed E-state index contributed by atoms with van der Waals surface area (Å²) < 4.78 is 11.7. The van der Waals surface area contributed by atoms with E-state index in [0.29, 0.717) is 18.2 Å². The second-order valence-electron chi connectivity index (χ2n) is 7.37. The number of rotatable bonds is 4. The van der Waals surface area contributed by atoms with E-state index in [0.717, 1.165) is 36.8 Å². The van der Waals surface area contributed by atoms with Crippen LogP contribution in [0.1, 0.15) is 48.8 Å². The lowest BCUT2D eigenvalue weighted by molar-refractivity contribution is -0.171. The third kappa shape index (κ3) is 4.27. The molecule has 2 fully saturated rings. The molecule has 1 N–H and O–H groups in total. The van der Waals surface area contributed by atoms with E-state index < -0.39 is 6.10 Å². The zero-order valence-corrected chi connectivity index (χ0v) is 16.1. The fraction of sp³-hybridized carbons (Fsp3) is 0.391. The topological polar surface area (TPSA) is 38.7 Å². The SMILES string of the molecule is O[C@@H](c1ccc(Cl)cc1)[C@@H](C=C1CCC2(CC1)OCCO2)c1ccccc1. The van der Waals surface area contributed by atoms with Gasteiger partial charge in [-0.05, 0) is 36.1 Å². The Morgan fingerprint density at radius 2 is 1.52 bits per heavy atom. The minimum atomic E-state index is -0.618. The first kappa shape index (κ1) is 18.7. The molecule has 0 amide bonds. The van der Waals surface area contributed by atoms with Gasteiger partial charge in [-0.1, -0.05) is 65.7 Å². The number of halogens is 1. The second kappa shape index (κ2) is 8.15. The highest BCUT2D eigenvalue weighted by Gasteiger charge is 2.39. The van der Waals surface area contributed by atoms with Crippen molar-refractivity contribution < 1.29 is 14.6 Å². The largest absolute Gasteiger partial charge is 0.387 e. The molecule has 142 valence electrons. The summed E-state index contributed by atoms with van der Waals surface area (Å²) in [4.78, 5) is 0. The molecule has 0 aromatic heterocycles. The lowest BCUT2D eigenvalue weighted by Gasteiger charge is -2.33. The molecule has 2 aromatic rings. The summed E-state index contributed by atoms with van der Waals surface area (Å²) in [5, 5.41) is 11.8. The molecule has 1 saturated heterocycles. The van der Waals surface area contributed by atoms with Crippen molar-refractivity contribution in [2.45, 2.75) is 43.5 Å². The van der Waals surface area contributed by atoms with Crippen molar-refractivity contribution in [2.24, 2.45) is 0 Å². The molecule has 27 heavy (non-hydrogen) atoms. The van der Waals surface area contributed by atoms with Gasteiger partial charge in [0, 0.05) is 23.8 Å². The third-order valence-electron chi connectivity index (χ3n) is 5.62. The Bertz CT molecular complexity index is 767. The Kier molecular flexibility index (Phi) is 5.65. The van der Waals surface area contributed by atoms with Crippen molar-refractivity contribution in [1.29, 1.82) is 0 Å². The van der Waals surface area contributed by atoms with Crippen LogP contribution in [-0.2, 0) is 9.47 Å². The van der Waals surface area contributed by atoms with Gasteiger partial charge in [0.25, 0.3) is 0 Å². The zero-order chi connectivity index (χ0) is 18.7. The van der Waals surface area contributed by atoms with Gasteiger partial charge in [-0.15, -0.1) is 0 Å². The van der Waals surface area contributed by atoms with Crippen LogP contribution in [0.15, 0.2) is 66.2 Å². The van der Waals surface area contributed by atoms with Crippen molar-refractivity contribution in [3.05, 3.63) is 82.4 Å². The van der Waals surface area contributed by atoms with Gasteiger partial charge in [0.2, 0.25) is 0 Å². The Hall–Kier alpha value is -1.65. The molecule has 4 rings (SSSR count). The Labute approximate surface area is 165 Å². The molecule has 1 aliphatic carbocycles. The van der Waals surface area contributed by atoms with E-state index >= 15 is 0 Å². The average molecular weight is 385 g/mol. The van der Waals surface area contributed by atoms with Crippen LogP contribution < -0.4 is 0 Å². The Morgan fingerprint density at radius 1 is 0.889 bits per heavy atom. The van der Waals surface area contributed by atoms with Gasteiger partial charge < -0.3 is 14.6 Å². The molecular weight excluding hydrogens is 360 g/mol. The number of aliphatic hydroxyl groups is 1. The van der Waals surface area contributed by atoms with Crippen molar-refractivity contribution in [3.8, 4) is 0 Å². The standard InChI is InChI=1S/C23H25ClO3/c24-20-8-6-19(7-9-20)22(25)21(18-4-2-1-3-5-18)16-17-10-12-23(13-11-17)26-14-15-27-23/h1-9,16,21-22,25H,10-15H2/t21-,22-/m0/s1. The maximum absolute atomic E-state index is 11.1. The highest BCUT2D eigenvalue weighted by Crippen LogP contribution is 2.41. The van der Waals surface area contributed by atoms with Crippen LogP contribution in [0.4, 0.5) is 0 Å². The summed E-state index contributed by atoms with van der Waals surface area (Å²) in [6.07, 6.45) is 5.28. The van der Waals surface area contributed by atoms with Gasteiger partial charge in [0.05, 0.1) is 19.3 Å². The molecule has 2 aliphatic rings. The van der Waals surface area contributed by atoms with Crippen LogP contribution in [0.3, 0.4) is 0 Å². The molecule has 4 heteroatoms. The summed E-state index contributed by atoms with van der Waals surface area (Å²) in [6.45, 7) is 1.39. The fourth-order valence-electron chi connectivity index (χ4n) is 4.07. The van der Waals surface area contributed by atoms with Crippen LogP contribution in [0.5, 0.6) is 0 Å². The molecule has 1 aliphatic heterocycles. The average Bonchev–Trinajstić information content (AvgIpc) is 3.16. The molecular formula is C23H25ClO3. The number of aliphatic hydroxyl groups excluding tert-OH is 1. The van der Waals surface area contributed by atoms with Gasteiger partial charge in [-0.25, -0.2) is 0 Å². The molecule has 0 bridgehead atoms. The van der Waals surface area contributed by atoms with E-state index in [4.69, 9.17) is 21.1 Å². The molecule has 2 atom stereocenters. The summed E-state index contributed by atoms with van der Waals surface area (Å²) in [5.74, 6) is -0.462. The zero-order valence-electron chi connectivity index (χ0n) is 15.3. The normalized spacial score (nSPS) is 21.2. The molecule has 1 spiro atoms. The maximum atomic E-state index is 11.1. The van der Waals surface area contributed by atoms with E-state index in [1.165, 1.54) is 5.57 Å². The summed E-state index contributed by atoms with van der Waals surface area (Å²) in [6, 6.07) is 17.7. The van der Waals surface area contributed by atoms with Crippen molar-refractivity contribution in [3.63, 3.8) is 0 Å². The molecule has 0 unspecified atom stereocenters. The molecule has 0 radical (unpaired) electrons. The summed E-state index contributed by atoms with van der Waals surface area (Å²) >= 11 is 6.01. The lowest BCUT2D eigenvalue weighted by Crippen LogP contribution is -2.33. The van der Waals surface area contributed by atoms with Crippen LogP contribution in [0.25, 0.3) is 0 Å². The maximum Gasteiger partial charge on any atom is 0.169 e. The molecule has 3 nitrogen and oxygen atoms in total. The minimum absolute atomic E-state index is 0.0955. The fourth-order valence-corrected chi connectivity index (χ4v) is 4.20. The van der Waals surface area contributed by atoms with E-state index in [2.05, 4.69) is 18.2 Å². The second-order valence-corrected chi connectivity index (χ2v) is 7.80. The molecule has 2 aromatic carbocycles. The van der Waals surface area contributed by atoms with Gasteiger partial charge in [-0.3, -0.25) is 0 Å². The van der Waals surface area contributed by atoms with E-state index in [1.54, 1.807) is 0 Å². The van der Waals surface area contributed by atoms with E-state index in [-0.39, 0.29) is 11.7 Å². The first-order valence-electron chi connectivity index (χ1n) is 9.61. The predicted molar refractivity (Wildman–Crippen MR) is 107 cm³/mol. The highest BCUT2D eigenvalue weighted by atomic mass is 35.5. The molecule has 1 saturated carbocycles. The Balaban J connectivity index is 1.58. The van der Waals surface area contributed by atoms with Gasteiger partial charge in [0.1, 0.15) is 0 Å². The van der Waals surface area contributed by atoms with Gasteiger partial charge in [-0.2, -0.15) is 0 Å². The minimum Gasteiger partial charge on any atom is -0.387 e. The van der Waals surface area contributed by atoms with Crippen molar-refractivity contribution >= 4 is 11.6 Å². The molecule has 1 heterocycles. The first-order chi connectivity index (χ1) is 13.2. The monoisotopic (exact) mass is 384 g/mol. The van der Waals surface area contributed by atoms with Crippen LogP contribution in [0.2, 0.25) is 5.02 Å². The van der Waals surface area contributed by atoms with Crippen LogP contribution in [-0.4, -0.2) is 24.1 Å². The number of hydrogen-bond acceptors (Lipinski definition) is 3. The first-order valence-corrected chi connectivity index (χ1v) is 9.99. The van der Waals surface area contributed by atoms with E-state index in [1.807, 2.05) is 42.5 Å². The lowest BCUT2D eigenvalue weighted by atomic mass is 9.83. The number of ether oxygens (including phenoxy) is 2. The number of benzene rings is 2. The number of hydrogen-bond donors (Lipinski definition) is 1. The van der Waals surface area contributed by atoms with Crippen molar-refractivity contribution in [2.75, 3.05) is 13.2 Å². The van der Waals surface area contributed by atoms with Crippen molar-refractivity contribution in [1.82, 2.24) is 0 Å². The van der Waals surface area contributed by atoms with E-state index in [9.17, 15) is 5.11 Å². The quantitative estimate of drug-likeness (QED) is 0.717. The predicted octanol–water partition coefficient (Wildman–Crippen LogP) is 5.40. The number of allylic oxidation sites excluding steroid dienone is 1. The Morgan fingerprint density at radius 3 is 2.15 bits per heavy atom.